The number of hydrogen-bond acceptors (Lipinski definition) is 2. The average molecular weight is 209 g/mol. The van der Waals surface area contributed by atoms with Crippen molar-refractivity contribution >= 4 is 10.9 Å². The largest absolute Gasteiger partial charge is 0.254 e. The van der Waals surface area contributed by atoms with E-state index in [1.54, 1.807) is 6.20 Å². The molecule has 78 valence electrons. The van der Waals surface area contributed by atoms with Crippen LogP contribution in [0.3, 0.4) is 0 Å². The Bertz CT molecular complexity index is 627. The van der Waals surface area contributed by atoms with Gasteiger partial charge in [-0.05, 0) is 30.7 Å². The molecule has 0 N–H and O–H groups in total. The Morgan fingerprint density at radius 3 is 2.94 bits per heavy atom. The molecule has 0 atom stereocenters. The van der Waals surface area contributed by atoms with Crippen LogP contribution in [0.2, 0.25) is 0 Å². The topological polar surface area (TPSA) is 30.7 Å². The SMILES string of the molecule is Cc1cnc2c(-n3cccn3)cccc2c1. The van der Waals surface area contributed by atoms with E-state index < -0.39 is 0 Å². The minimum atomic E-state index is 0.983. The highest BCUT2D eigenvalue weighted by Gasteiger charge is 2.03. The molecule has 0 bridgehead atoms. The molecule has 0 aliphatic rings. The van der Waals surface area contributed by atoms with Crippen LogP contribution in [0.25, 0.3) is 16.6 Å². The second kappa shape index (κ2) is 3.45. The first kappa shape index (κ1) is 9.09. The van der Waals surface area contributed by atoms with Crippen LogP contribution in [0.15, 0.2) is 48.9 Å². The smallest absolute Gasteiger partial charge is 0.0959 e. The molecule has 0 spiro atoms. The van der Waals surface area contributed by atoms with Crippen molar-refractivity contribution in [1.29, 1.82) is 0 Å². The Hall–Kier alpha value is -2.16. The number of aryl methyl sites for hydroxylation is 1. The van der Waals surface area contributed by atoms with E-state index in [-0.39, 0.29) is 0 Å². The lowest BCUT2D eigenvalue weighted by molar-refractivity contribution is 0.885. The summed E-state index contributed by atoms with van der Waals surface area (Å²) in [5.74, 6) is 0. The number of rotatable bonds is 1. The van der Waals surface area contributed by atoms with Crippen molar-refractivity contribution in [2.75, 3.05) is 0 Å². The quantitative estimate of drug-likeness (QED) is 0.617. The monoisotopic (exact) mass is 209 g/mol. The molecule has 1 aromatic carbocycles. The fraction of sp³-hybridized carbons (Fsp3) is 0.0769. The van der Waals surface area contributed by atoms with Gasteiger partial charge in [0, 0.05) is 24.0 Å². The molecule has 0 amide bonds. The van der Waals surface area contributed by atoms with Crippen LogP contribution in [0, 0.1) is 6.92 Å². The second-order valence-electron chi connectivity index (χ2n) is 3.81. The lowest BCUT2D eigenvalue weighted by atomic mass is 10.1. The van der Waals surface area contributed by atoms with Crippen molar-refractivity contribution in [2.24, 2.45) is 0 Å². The highest BCUT2D eigenvalue weighted by molar-refractivity contribution is 5.86. The zero-order valence-corrected chi connectivity index (χ0v) is 8.96. The maximum absolute atomic E-state index is 4.48. The molecule has 0 aliphatic carbocycles. The van der Waals surface area contributed by atoms with Gasteiger partial charge in [-0.1, -0.05) is 12.1 Å². The molecule has 3 heteroatoms. The fourth-order valence-electron chi connectivity index (χ4n) is 1.85. The van der Waals surface area contributed by atoms with Crippen molar-refractivity contribution < 1.29 is 0 Å². The zero-order chi connectivity index (χ0) is 11.0. The molecule has 3 nitrogen and oxygen atoms in total. The maximum Gasteiger partial charge on any atom is 0.0959 e. The Morgan fingerprint density at radius 1 is 1.19 bits per heavy atom. The van der Waals surface area contributed by atoms with Gasteiger partial charge in [-0.3, -0.25) is 4.98 Å². The summed E-state index contributed by atoms with van der Waals surface area (Å²) in [4.78, 5) is 4.48. The molecule has 2 heterocycles. The summed E-state index contributed by atoms with van der Waals surface area (Å²) >= 11 is 0. The fourth-order valence-corrected chi connectivity index (χ4v) is 1.85. The van der Waals surface area contributed by atoms with Gasteiger partial charge >= 0.3 is 0 Å². The Balaban J connectivity index is 2.34. The van der Waals surface area contributed by atoms with Crippen LogP contribution < -0.4 is 0 Å². The van der Waals surface area contributed by atoms with E-state index in [4.69, 9.17) is 0 Å². The van der Waals surface area contributed by atoms with E-state index in [9.17, 15) is 0 Å². The van der Waals surface area contributed by atoms with Crippen molar-refractivity contribution in [3.63, 3.8) is 0 Å². The molecule has 0 saturated carbocycles. The molecule has 3 aromatic rings. The van der Waals surface area contributed by atoms with Crippen LogP contribution in [-0.4, -0.2) is 14.8 Å². The Labute approximate surface area is 93.4 Å². The number of fused-ring (bicyclic) bond motifs is 1. The van der Waals surface area contributed by atoms with Crippen LogP contribution in [-0.2, 0) is 0 Å². The first-order valence-electron chi connectivity index (χ1n) is 5.20. The lowest BCUT2D eigenvalue weighted by Gasteiger charge is -2.05. The van der Waals surface area contributed by atoms with Gasteiger partial charge in [0.15, 0.2) is 0 Å². The molecular weight excluding hydrogens is 198 g/mol. The van der Waals surface area contributed by atoms with Gasteiger partial charge in [-0.15, -0.1) is 0 Å². The number of nitrogens with zero attached hydrogens (tertiary/aromatic N) is 3. The minimum absolute atomic E-state index is 0.983. The number of benzene rings is 1. The molecule has 0 radical (unpaired) electrons. The van der Waals surface area contributed by atoms with E-state index >= 15 is 0 Å². The standard InChI is InChI=1S/C13H11N3/c1-10-8-11-4-2-5-12(13(11)14-9-10)16-7-3-6-15-16/h2-9H,1H3. The van der Waals surface area contributed by atoms with Crippen molar-refractivity contribution in [3.05, 3.63) is 54.5 Å². The van der Waals surface area contributed by atoms with E-state index in [1.165, 1.54) is 5.56 Å². The Kier molecular flexibility index (Phi) is 1.96. The summed E-state index contributed by atoms with van der Waals surface area (Å²) in [7, 11) is 0. The summed E-state index contributed by atoms with van der Waals surface area (Å²) in [6, 6.07) is 10.2. The highest BCUT2D eigenvalue weighted by Crippen LogP contribution is 2.20. The second-order valence-corrected chi connectivity index (χ2v) is 3.81. The molecule has 2 aromatic heterocycles. The zero-order valence-electron chi connectivity index (χ0n) is 8.96. The molecule has 0 aliphatic heterocycles. The Morgan fingerprint density at radius 2 is 2.12 bits per heavy atom. The number of hydrogen-bond donors (Lipinski definition) is 0. The van der Waals surface area contributed by atoms with Gasteiger partial charge in [0.2, 0.25) is 0 Å². The van der Waals surface area contributed by atoms with Crippen LogP contribution >= 0.6 is 0 Å². The summed E-state index contributed by atoms with van der Waals surface area (Å²) in [6.07, 6.45) is 5.58. The number of pyridine rings is 1. The summed E-state index contributed by atoms with van der Waals surface area (Å²) in [5.41, 5.74) is 3.17. The molecule has 0 unspecified atom stereocenters. The third kappa shape index (κ3) is 1.37. The normalized spacial score (nSPS) is 10.8. The maximum atomic E-state index is 4.48. The molecular formula is C13H11N3. The van der Waals surface area contributed by atoms with Crippen molar-refractivity contribution in [2.45, 2.75) is 6.92 Å². The predicted molar refractivity (Wildman–Crippen MR) is 63.6 cm³/mol. The molecule has 3 rings (SSSR count). The van der Waals surface area contributed by atoms with Gasteiger partial charge in [0.25, 0.3) is 0 Å². The number of para-hydroxylation sites is 1. The van der Waals surface area contributed by atoms with Crippen molar-refractivity contribution in [3.8, 4) is 5.69 Å². The predicted octanol–water partition coefficient (Wildman–Crippen LogP) is 2.73. The summed E-state index contributed by atoms with van der Waals surface area (Å²) in [6.45, 7) is 2.05. The van der Waals surface area contributed by atoms with Gasteiger partial charge in [-0.2, -0.15) is 5.10 Å². The molecule has 0 saturated heterocycles. The first-order chi connectivity index (χ1) is 7.84. The first-order valence-corrected chi connectivity index (χ1v) is 5.20. The van der Waals surface area contributed by atoms with E-state index in [1.807, 2.05) is 42.2 Å². The van der Waals surface area contributed by atoms with Crippen molar-refractivity contribution in [1.82, 2.24) is 14.8 Å². The molecule has 0 fully saturated rings. The third-order valence-corrected chi connectivity index (χ3v) is 2.58. The lowest BCUT2D eigenvalue weighted by Crippen LogP contribution is -1.96. The third-order valence-electron chi connectivity index (χ3n) is 2.58. The van der Waals surface area contributed by atoms with E-state index in [0.29, 0.717) is 0 Å². The summed E-state index contributed by atoms with van der Waals surface area (Å²) < 4.78 is 1.84. The van der Waals surface area contributed by atoms with Gasteiger partial charge in [-0.25, -0.2) is 4.68 Å². The highest BCUT2D eigenvalue weighted by atomic mass is 15.3. The van der Waals surface area contributed by atoms with Gasteiger partial charge in [0.05, 0.1) is 11.2 Å². The van der Waals surface area contributed by atoms with Crippen LogP contribution in [0.1, 0.15) is 5.56 Å². The molecule has 16 heavy (non-hydrogen) atoms. The van der Waals surface area contributed by atoms with Gasteiger partial charge < -0.3 is 0 Å². The minimum Gasteiger partial charge on any atom is -0.254 e. The summed E-state index contributed by atoms with van der Waals surface area (Å²) in [5, 5.41) is 5.38. The van der Waals surface area contributed by atoms with Gasteiger partial charge in [0.1, 0.15) is 0 Å². The average Bonchev–Trinajstić information content (AvgIpc) is 2.81. The number of aromatic nitrogens is 3. The van der Waals surface area contributed by atoms with E-state index in [0.717, 1.165) is 16.6 Å². The van der Waals surface area contributed by atoms with E-state index in [2.05, 4.69) is 22.2 Å². The van der Waals surface area contributed by atoms with Crippen LogP contribution in [0.5, 0.6) is 0 Å². The van der Waals surface area contributed by atoms with Crippen LogP contribution in [0.4, 0.5) is 0 Å².